The van der Waals surface area contributed by atoms with Gasteiger partial charge in [-0.05, 0) is 26.0 Å². The molecule has 9 heteroatoms. The first-order valence-corrected chi connectivity index (χ1v) is 9.64. The van der Waals surface area contributed by atoms with Crippen molar-refractivity contribution < 1.29 is 43.2 Å². The summed E-state index contributed by atoms with van der Waals surface area (Å²) in [5.41, 5.74) is 0. The van der Waals surface area contributed by atoms with E-state index in [-0.39, 0.29) is 32.0 Å². The molecule has 0 radical (unpaired) electrons. The van der Waals surface area contributed by atoms with Gasteiger partial charge in [-0.1, -0.05) is 37.9 Å². The predicted octanol–water partition coefficient (Wildman–Crippen LogP) is 2.35. The Hall–Kier alpha value is -3.43. The van der Waals surface area contributed by atoms with Crippen LogP contribution in [0.5, 0.6) is 5.75 Å². The Balaban J connectivity index is 0.000000604. The number of hydrogen-bond acceptors (Lipinski definition) is 9. The van der Waals surface area contributed by atoms with Crippen molar-refractivity contribution in [3.05, 3.63) is 68.3 Å². The summed E-state index contributed by atoms with van der Waals surface area (Å²) in [7, 11) is 0. The van der Waals surface area contributed by atoms with Crippen LogP contribution in [0.15, 0.2) is 68.3 Å². The SMILES string of the molecule is C=CC(=O)OCC(C)OCC(C)OC(=O)C=C.C=CC(=O)OCC(O)Oc1ccccc1. The van der Waals surface area contributed by atoms with Gasteiger partial charge in [0.2, 0.25) is 6.29 Å². The molecular formula is C23H30O9. The summed E-state index contributed by atoms with van der Waals surface area (Å²) in [4.78, 5) is 32.3. The fraction of sp³-hybridized carbons (Fsp3) is 0.348. The van der Waals surface area contributed by atoms with Gasteiger partial charge in [-0.2, -0.15) is 0 Å². The van der Waals surface area contributed by atoms with E-state index < -0.39 is 24.2 Å². The Morgan fingerprint density at radius 2 is 1.38 bits per heavy atom. The zero-order valence-corrected chi connectivity index (χ0v) is 18.3. The van der Waals surface area contributed by atoms with Crippen LogP contribution in [0.3, 0.4) is 0 Å². The molecular weight excluding hydrogens is 420 g/mol. The number of benzene rings is 1. The number of carbonyl (C=O) groups is 3. The van der Waals surface area contributed by atoms with Crippen LogP contribution in [0.2, 0.25) is 0 Å². The zero-order chi connectivity index (χ0) is 24.4. The summed E-state index contributed by atoms with van der Waals surface area (Å²) in [6.07, 6.45) is 1.38. The summed E-state index contributed by atoms with van der Waals surface area (Å²) in [5, 5.41) is 9.31. The molecule has 176 valence electrons. The van der Waals surface area contributed by atoms with Crippen LogP contribution in [0.1, 0.15) is 13.8 Å². The lowest BCUT2D eigenvalue weighted by Gasteiger charge is -2.16. The molecule has 1 aromatic carbocycles. The Bertz CT molecular complexity index is 730. The highest BCUT2D eigenvalue weighted by Crippen LogP contribution is 2.10. The van der Waals surface area contributed by atoms with Crippen molar-refractivity contribution in [1.29, 1.82) is 0 Å². The van der Waals surface area contributed by atoms with Gasteiger partial charge in [-0.15, -0.1) is 0 Å². The second-order valence-corrected chi connectivity index (χ2v) is 6.15. The van der Waals surface area contributed by atoms with Gasteiger partial charge in [0.1, 0.15) is 18.5 Å². The first-order chi connectivity index (χ1) is 15.2. The fourth-order valence-corrected chi connectivity index (χ4v) is 1.79. The number of aliphatic hydroxyl groups is 1. The molecule has 3 unspecified atom stereocenters. The van der Waals surface area contributed by atoms with Crippen LogP contribution in [0.25, 0.3) is 0 Å². The molecule has 0 spiro atoms. The van der Waals surface area contributed by atoms with Crippen LogP contribution in [-0.4, -0.2) is 61.3 Å². The quantitative estimate of drug-likeness (QED) is 0.209. The standard InChI is InChI=1S/C12H18O5.C11H12O4/c1-5-11(13)16-7-9(3)15-8-10(4)17-12(14)6-2;1-2-10(12)14-8-11(13)15-9-6-4-3-5-7-9/h5-6,9-10H,1-2,7-8H2,3-4H3;2-7,11,13H,1,8H2. The second kappa shape index (κ2) is 17.3. The molecule has 0 aliphatic heterocycles. The van der Waals surface area contributed by atoms with Crippen molar-refractivity contribution in [3.8, 4) is 5.75 Å². The molecule has 0 amide bonds. The van der Waals surface area contributed by atoms with E-state index in [2.05, 4.69) is 24.5 Å². The molecule has 0 aliphatic carbocycles. The molecule has 0 aromatic heterocycles. The number of rotatable bonds is 13. The number of hydrogen-bond donors (Lipinski definition) is 1. The van der Waals surface area contributed by atoms with E-state index in [1.165, 1.54) is 0 Å². The molecule has 1 aromatic rings. The number of ether oxygens (including phenoxy) is 5. The molecule has 0 aliphatic rings. The largest absolute Gasteiger partial charge is 0.461 e. The summed E-state index contributed by atoms with van der Waals surface area (Å²) in [6, 6.07) is 8.77. The van der Waals surface area contributed by atoms with Crippen molar-refractivity contribution in [2.24, 2.45) is 0 Å². The number of para-hydroxylation sites is 1. The Morgan fingerprint density at radius 1 is 0.844 bits per heavy atom. The van der Waals surface area contributed by atoms with Gasteiger partial charge in [0.05, 0.1) is 12.7 Å². The monoisotopic (exact) mass is 450 g/mol. The van der Waals surface area contributed by atoms with Gasteiger partial charge >= 0.3 is 17.9 Å². The third-order valence-corrected chi connectivity index (χ3v) is 3.28. The highest BCUT2D eigenvalue weighted by molar-refractivity contribution is 5.81. The lowest BCUT2D eigenvalue weighted by atomic mass is 10.3. The third-order valence-electron chi connectivity index (χ3n) is 3.28. The Morgan fingerprint density at radius 3 is 1.91 bits per heavy atom. The smallest absolute Gasteiger partial charge is 0.330 e. The van der Waals surface area contributed by atoms with E-state index in [0.29, 0.717) is 5.75 Å². The van der Waals surface area contributed by atoms with Gasteiger partial charge in [-0.25, -0.2) is 14.4 Å². The molecule has 0 saturated heterocycles. The van der Waals surface area contributed by atoms with E-state index in [4.69, 9.17) is 18.9 Å². The molecule has 0 bridgehead atoms. The molecule has 0 heterocycles. The molecule has 1 rings (SSSR count). The topological polar surface area (TPSA) is 118 Å². The van der Waals surface area contributed by atoms with Gasteiger partial charge in [0.15, 0.2) is 6.61 Å². The molecule has 0 saturated carbocycles. The molecule has 32 heavy (non-hydrogen) atoms. The minimum absolute atomic E-state index is 0.132. The summed E-state index contributed by atoms with van der Waals surface area (Å²) in [5.74, 6) is -1.07. The van der Waals surface area contributed by atoms with Crippen molar-refractivity contribution in [1.82, 2.24) is 0 Å². The van der Waals surface area contributed by atoms with Gasteiger partial charge in [-0.3, -0.25) is 0 Å². The third kappa shape index (κ3) is 15.4. The van der Waals surface area contributed by atoms with Crippen LogP contribution < -0.4 is 4.74 Å². The van der Waals surface area contributed by atoms with E-state index in [1.54, 1.807) is 38.1 Å². The first kappa shape index (κ1) is 28.6. The van der Waals surface area contributed by atoms with Crippen LogP contribution in [-0.2, 0) is 33.3 Å². The lowest BCUT2D eigenvalue weighted by molar-refractivity contribution is -0.149. The van der Waals surface area contributed by atoms with Crippen molar-refractivity contribution in [2.45, 2.75) is 32.3 Å². The zero-order valence-electron chi connectivity index (χ0n) is 18.3. The number of carbonyl (C=O) groups excluding carboxylic acids is 3. The maximum absolute atomic E-state index is 10.8. The van der Waals surface area contributed by atoms with Crippen LogP contribution in [0.4, 0.5) is 0 Å². The minimum Gasteiger partial charge on any atom is -0.461 e. The predicted molar refractivity (Wildman–Crippen MR) is 117 cm³/mol. The van der Waals surface area contributed by atoms with Crippen molar-refractivity contribution >= 4 is 17.9 Å². The van der Waals surface area contributed by atoms with Crippen molar-refractivity contribution in [3.63, 3.8) is 0 Å². The minimum atomic E-state index is -1.17. The maximum Gasteiger partial charge on any atom is 0.330 e. The highest BCUT2D eigenvalue weighted by Gasteiger charge is 2.11. The Kier molecular flexibility index (Phi) is 15.4. The molecule has 0 fully saturated rings. The first-order valence-electron chi connectivity index (χ1n) is 9.64. The van der Waals surface area contributed by atoms with E-state index in [1.807, 2.05) is 6.07 Å². The summed E-state index contributed by atoms with van der Waals surface area (Å²) in [6.45, 7) is 13.4. The Labute approximate surface area is 187 Å². The molecule has 9 nitrogen and oxygen atoms in total. The summed E-state index contributed by atoms with van der Waals surface area (Å²) < 4.78 is 24.6. The van der Waals surface area contributed by atoms with Crippen LogP contribution in [0, 0.1) is 0 Å². The average molecular weight is 450 g/mol. The van der Waals surface area contributed by atoms with Gasteiger partial charge < -0.3 is 28.8 Å². The van der Waals surface area contributed by atoms with Crippen LogP contribution >= 0.6 is 0 Å². The lowest BCUT2D eigenvalue weighted by Crippen LogP contribution is -2.25. The molecule has 1 N–H and O–H groups in total. The average Bonchev–Trinajstić information content (AvgIpc) is 2.80. The van der Waals surface area contributed by atoms with E-state index in [0.717, 1.165) is 18.2 Å². The van der Waals surface area contributed by atoms with Crippen molar-refractivity contribution in [2.75, 3.05) is 19.8 Å². The van der Waals surface area contributed by atoms with Gasteiger partial charge in [0, 0.05) is 18.2 Å². The van der Waals surface area contributed by atoms with Gasteiger partial charge in [0.25, 0.3) is 0 Å². The normalized spacial score (nSPS) is 12.5. The van der Waals surface area contributed by atoms with E-state index >= 15 is 0 Å². The second-order valence-electron chi connectivity index (χ2n) is 6.15. The fourth-order valence-electron chi connectivity index (χ4n) is 1.79. The molecule has 3 atom stereocenters. The summed E-state index contributed by atoms with van der Waals surface area (Å²) >= 11 is 0. The number of esters is 3. The van der Waals surface area contributed by atoms with E-state index in [9.17, 15) is 19.5 Å². The number of aliphatic hydroxyl groups excluding tert-OH is 1. The maximum atomic E-state index is 10.8. The highest BCUT2D eigenvalue weighted by atomic mass is 16.6.